The Bertz CT molecular complexity index is 422. The number of rotatable bonds is 5. The molecule has 4 heteroatoms. The summed E-state index contributed by atoms with van der Waals surface area (Å²) in [5.41, 5.74) is 0.475. The Balaban J connectivity index is 1.66. The fraction of sp³-hybridized carbons (Fsp3) is 0.750. The van der Waals surface area contributed by atoms with Crippen LogP contribution in [0.4, 0.5) is 0 Å². The van der Waals surface area contributed by atoms with Crippen LogP contribution in [0.2, 0.25) is 0 Å². The van der Waals surface area contributed by atoms with Crippen molar-refractivity contribution >= 4 is 11.3 Å². The summed E-state index contributed by atoms with van der Waals surface area (Å²) < 4.78 is 5.50. The van der Waals surface area contributed by atoms with E-state index in [2.05, 4.69) is 34.2 Å². The number of ether oxygens (including phenoxy) is 1. The fourth-order valence-electron chi connectivity index (χ4n) is 4.02. The van der Waals surface area contributed by atoms with Crippen LogP contribution in [0.5, 0.6) is 0 Å². The molecule has 1 aromatic heterocycles. The summed E-state index contributed by atoms with van der Waals surface area (Å²) in [4.78, 5) is 6.75. The van der Waals surface area contributed by atoms with Crippen LogP contribution in [-0.4, -0.2) is 56.2 Å². The van der Waals surface area contributed by atoms with E-state index in [4.69, 9.17) is 4.74 Å². The summed E-state index contributed by atoms with van der Waals surface area (Å²) in [6.07, 6.45) is 1.34. The van der Waals surface area contributed by atoms with Crippen molar-refractivity contribution in [3.63, 3.8) is 0 Å². The average Bonchev–Trinajstić information content (AvgIpc) is 3.15. The third-order valence-electron chi connectivity index (χ3n) is 5.12. The van der Waals surface area contributed by atoms with Gasteiger partial charge < -0.3 is 9.64 Å². The summed E-state index contributed by atoms with van der Waals surface area (Å²) in [6, 6.07) is 4.42. The molecule has 0 saturated carbocycles. The van der Waals surface area contributed by atoms with E-state index in [1.807, 2.05) is 18.4 Å². The lowest BCUT2D eigenvalue weighted by Gasteiger charge is -2.30. The number of hydrogen-bond donors (Lipinski definition) is 0. The fourth-order valence-corrected chi connectivity index (χ4v) is 4.77. The van der Waals surface area contributed by atoms with E-state index in [1.54, 1.807) is 0 Å². The van der Waals surface area contributed by atoms with E-state index in [9.17, 15) is 0 Å². The number of thiophene rings is 1. The van der Waals surface area contributed by atoms with Crippen molar-refractivity contribution in [2.24, 2.45) is 11.3 Å². The van der Waals surface area contributed by atoms with Crippen molar-refractivity contribution < 1.29 is 4.74 Å². The zero-order valence-electron chi connectivity index (χ0n) is 12.7. The van der Waals surface area contributed by atoms with Crippen LogP contribution in [0.15, 0.2) is 17.5 Å². The first-order valence-electron chi connectivity index (χ1n) is 7.72. The van der Waals surface area contributed by atoms with E-state index >= 15 is 0 Å². The first kappa shape index (κ1) is 14.5. The smallest absolute Gasteiger partial charge is 0.0509 e. The van der Waals surface area contributed by atoms with Crippen molar-refractivity contribution in [3.8, 4) is 0 Å². The minimum absolute atomic E-state index is 0.475. The Morgan fingerprint density at radius 3 is 2.95 bits per heavy atom. The number of likely N-dealkylation sites (tertiary alicyclic amines) is 2. The highest BCUT2D eigenvalue weighted by Gasteiger charge is 2.49. The number of nitrogens with zero attached hydrogens (tertiary/aromatic N) is 2. The summed E-state index contributed by atoms with van der Waals surface area (Å²) in [6.45, 7) is 10.5. The molecule has 0 radical (unpaired) electrons. The van der Waals surface area contributed by atoms with Crippen molar-refractivity contribution in [2.75, 3.05) is 46.4 Å². The molecule has 20 heavy (non-hydrogen) atoms. The molecule has 1 spiro atoms. The van der Waals surface area contributed by atoms with Crippen LogP contribution < -0.4 is 0 Å². The van der Waals surface area contributed by atoms with Gasteiger partial charge in [0.05, 0.1) is 6.61 Å². The lowest BCUT2D eigenvalue weighted by atomic mass is 9.78. The molecule has 0 aliphatic carbocycles. The summed E-state index contributed by atoms with van der Waals surface area (Å²) in [5, 5.41) is 2.18. The highest BCUT2D eigenvalue weighted by atomic mass is 32.1. The van der Waals surface area contributed by atoms with Gasteiger partial charge in [0.15, 0.2) is 0 Å². The molecular formula is C16H26N2OS. The van der Waals surface area contributed by atoms with Gasteiger partial charge in [-0.1, -0.05) is 13.0 Å². The maximum Gasteiger partial charge on any atom is 0.0509 e. The second-order valence-corrected chi connectivity index (χ2v) is 7.41. The molecule has 0 unspecified atom stereocenters. The van der Waals surface area contributed by atoms with Crippen LogP contribution in [0.1, 0.15) is 18.2 Å². The zero-order chi connectivity index (χ0) is 14.0. The van der Waals surface area contributed by atoms with Gasteiger partial charge in [-0.25, -0.2) is 0 Å². The first-order chi connectivity index (χ1) is 9.75. The highest BCUT2D eigenvalue weighted by molar-refractivity contribution is 7.09. The van der Waals surface area contributed by atoms with Crippen LogP contribution in [0.3, 0.4) is 0 Å². The zero-order valence-corrected chi connectivity index (χ0v) is 13.5. The molecule has 112 valence electrons. The first-order valence-corrected chi connectivity index (χ1v) is 8.60. The topological polar surface area (TPSA) is 15.7 Å². The Labute approximate surface area is 126 Å². The summed E-state index contributed by atoms with van der Waals surface area (Å²) >= 11 is 1.88. The van der Waals surface area contributed by atoms with Gasteiger partial charge in [0.2, 0.25) is 0 Å². The van der Waals surface area contributed by atoms with Gasteiger partial charge >= 0.3 is 0 Å². The minimum Gasteiger partial charge on any atom is -0.384 e. The molecule has 0 amide bonds. The second kappa shape index (κ2) is 6.14. The maximum absolute atomic E-state index is 5.50. The molecule has 3 rings (SSSR count). The van der Waals surface area contributed by atoms with Crippen molar-refractivity contribution in [3.05, 3.63) is 22.4 Å². The Morgan fingerprint density at radius 1 is 1.40 bits per heavy atom. The molecule has 0 bridgehead atoms. The summed E-state index contributed by atoms with van der Waals surface area (Å²) in [7, 11) is 1.85. The molecule has 2 fully saturated rings. The molecule has 3 heterocycles. The van der Waals surface area contributed by atoms with E-state index in [1.165, 1.54) is 44.0 Å². The van der Waals surface area contributed by atoms with E-state index in [0.717, 1.165) is 13.2 Å². The van der Waals surface area contributed by atoms with Gasteiger partial charge in [-0.05, 0) is 31.0 Å². The lowest BCUT2D eigenvalue weighted by molar-refractivity contribution is 0.0959. The van der Waals surface area contributed by atoms with E-state index in [-0.39, 0.29) is 0 Å². The molecule has 0 N–H and O–H groups in total. The molecule has 1 aromatic rings. The highest BCUT2D eigenvalue weighted by Crippen LogP contribution is 2.44. The number of methoxy groups -OCH3 is 1. The SMILES string of the molecule is CCN1C[C@@H](COC)[C@]2(CCN(Cc3cccs3)C2)C1. The van der Waals surface area contributed by atoms with Gasteiger partial charge in [0.25, 0.3) is 0 Å². The largest absolute Gasteiger partial charge is 0.384 e. The summed E-state index contributed by atoms with van der Waals surface area (Å²) in [5.74, 6) is 0.709. The second-order valence-electron chi connectivity index (χ2n) is 6.38. The third kappa shape index (κ3) is 2.80. The van der Waals surface area contributed by atoms with Crippen LogP contribution >= 0.6 is 11.3 Å². The Hall–Kier alpha value is -0.420. The maximum atomic E-state index is 5.50. The van der Waals surface area contributed by atoms with Crippen molar-refractivity contribution in [1.82, 2.24) is 9.80 Å². The van der Waals surface area contributed by atoms with Gasteiger partial charge in [-0.15, -0.1) is 11.3 Å². The van der Waals surface area contributed by atoms with Crippen LogP contribution in [-0.2, 0) is 11.3 Å². The average molecular weight is 294 g/mol. The molecular weight excluding hydrogens is 268 g/mol. The quantitative estimate of drug-likeness (QED) is 0.830. The molecule has 2 saturated heterocycles. The van der Waals surface area contributed by atoms with E-state index < -0.39 is 0 Å². The molecule has 2 aliphatic rings. The predicted octanol–water partition coefficient (Wildman–Crippen LogP) is 2.54. The monoisotopic (exact) mass is 294 g/mol. The normalized spacial score (nSPS) is 31.6. The molecule has 0 aromatic carbocycles. The van der Waals surface area contributed by atoms with Crippen LogP contribution in [0.25, 0.3) is 0 Å². The van der Waals surface area contributed by atoms with Crippen molar-refractivity contribution in [2.45, 2.75) is 19.9 Å². The van der Waals surface area contributed by atoms with Gasteiger partial charge in [-0.3, -0.25) is 4.90 Å². The van der Waals surface area contributed by atoms with Crippen LogP contribution in [0, 0.1) is 11.3 Å². The Morgan fingerprint density at radius 2 is 2.25 bits per heavy atom. The standard InChI is InChI=1S/C16H26N2OS/c1-3-17-9-14(11-19-2)16(12-17)6-7-18(13-16)10-15-5-4-8-20-15/h4-5,8,14H,3,6-7,9-13H2,1-2H3/t14-,16+/m0/s1. The van der Waals surface area contributed by atoms with E-state index in [0.29, 0.717) is 11.3 Å². The molecule has 2 atom stereocenters. The van der Waals surface area contributed by atoms with Gasteiger partial charge in [0, 0.05) is 49.5 Å². The number of hydrogen-bond acceptors (Lipinski definition) is 4. The van der Waals surface area contributed by atoms with Gasteiger partial charge in [-0.2, -0.15) is 0 Å². The molecule has 2 aliphatic heterocycles. The van der Waals surface area contributed by atoms with Gasteiger partial charge in [0.1, 0.15) is 0 Å². The predicted molar refractivity (Wildman–Crippen MR) is 84.1 cm³/mol. The minimum atomic E-state index is 0.475. The lowest BCUT2D eigenvalue weighted by Crippen LogP contribution is -2.36. The Kier molecular flexibility index (Phi) is 4.46. The third-order valence-corrected chi connectivity index (χ3v) is 5.98. The van der Waals surface area contributed by atoms with Crippen molar-refractivity contribution in [1.29, 1.82) is 0 Å². The molecule has 3 nitrogen and oxygen atoms in total.